The summed E-state index contributed by atoms with van der Waals surface area (Å²) in [6.07, 6.45) is 3.31. The molecule has 0 spiro atoms. The van der Waals surface area contributed by atoms with Gasteiger partial charge in [-0.25, -0.2) is 0 Å². The summed E-state index contributed by atoms with van der Waals surface area (Å²) in [5.74, 6) is 0. The molecule has 1 aromatic carbocycles. The number of hydrogen-bond donors (Lipinski definition) is 0. The zero-order chi connectivity index (χ0) is 9.90. The van der Waals surface area contributed by atoms with Crippen LogP contribution in [0.3, 0.4) is 0 Å². The summed E-state index contributed by atoms with van der Waals surface area (Å²) in [6.45, 7) is 10.3. The summed E-state index contributed by atoms with van der Waals surface area (Å²) in [7, 11) is 0. The minimum atomic E-state index is 0. The van der Waals surface area contributed by atoms with Crippen molar-refractivity contribution in [1.82, 2.24) is 0 Å². The van der Waals surface area contributed by atoms with E-state index < -0.39 is 0 Å². The van der Waals surface area contributed by atoms with Crippen molar-refractivity contribution in [2.45, 2.75) is 20.8 Å². The summed E-state index contributed by atoms with van der Waals surface area (Å²) >= 11 is 0. The van der Waals surface area contributed by atoms with E-state index in [0.717, 1.165) is 11.1 Å². The largest absolute Gasteiger partial charge is 0.454 e. The van der Waals surface area contributed by atoms with E-state index in [0.29, 0.717) is 0 Å². The molecule has 0 heterocycles. The second-order valence-corrected chi connectivity index (χ2v) is 4.13. The van der Waals surface area contributed by atoms with Crippen molar-refractivity contribution in [2.24, 2.45) is 5.41 Å². The molecule has 0 N–H and O–H groups in total. The number of benzene rings is 1. The van der Waals surface area contributed by atoms with E-state index in [2.05, 4.69) is 39.8 Å². The van der Waals surface area contributed by atoms with Crippen LogP contribution in [0, 0.1) is 24.5 Å². The molecule has 1 rings (SSSR count). The van der Waals surface area contributed by atoms with E-state index in [1.807, 2.05) is 24.3 Å². The first-order valence-electron chi connectivity index (χ1n) is 4.43. The molecule has 0 amide bonds. The van der Waals surface area contributed by atoms with Crippen molar-refractivity contribution < 1.29 is 125 Å². The monoisotopic (exact) mass is 515 g/mol. The first kappa shape index (κ1) is 37.8. The van der Waals surface area contributed by atoms with Gasteiger partial charge in [0.05, 0.1) is 0 Å². The Labute approximate surface area is 203 Å². The van der Waals surface area contributed by atoms with Crippen LogP contribution in [-0.2, 0) is 125 Å². The topological polar surface area (TPSA) is 0 Å². The molecule has 0 fully saturated rings. The van der Waals surface area contributed by atoms with Crippen LogP contribution in [0.5, 0.6) is 0 Å². The van der Waals surface area contributed by atoms with Crippen molar-refractivity contribution in [3.8, 4) is 0 Å². The molecule has 0 aliphatic heterocycles. The van der Waals surface area contributed by atoms with Crippen LogP contribution in [0.25, 0.3) is 5.57 Å². The average molecular weight is 515 g/mol. The van der Waals surface area contributed by atoms with Gasteiger partial charge in [0.15, 0.2) is 0 Å². The molecule has 6 radical (unpaired) electrons. The fraction of sp³-hybridized carbons (Fsp3) is 0.308. The second kappa shape index (κ2) is 18.9. The van der Waals surface area contributed by atoms with Gasteiger partial charge in [-0.1, -0.05) is 20.8 Å². The van der Waals surface area contributed by atoms with Gasteiger partial charge in [0.2, 0.25) is 0 Å². The molecule has 19 heavy (non-hydrogen) atoms. The molecule has 0 atom stereocenters. The Kier molecular flexibility index (Phi) is 37.6. The molecular formula is C13H15V5Y-3. The molecule has 0 bridgehead atoms. The standard InChI is InChI=1S/C13H15.5V.Y/c1-11(10-13(2,3)4)12-8-6-5-7-9-12;;;;;;/h5-8H,1H2,2-4H3;;;;;;/q-3;;;;;;. The van der Waals surface area contributed by atoms with Crippen molar-refractivity contribution in [1.29, 1.82) is 0 Å². The maximum absolute atomic E-state index is 3.97. The zero-order valence-corrected chi connectivity index (χ0v) is 21.2. The second-order valence-electron chi connectivity index (χ2n) is 4.13. The summed E-state index contributed by atoms with van der Waals surface area (Å²) in [4.78, 5) is 0. The molecule has 0 aromatic heterocycles. The van der Waals surface area contributed by atoms with E-state index >= 15 is 0 Å². The molecular weight excluding hydrogens is 500 g/mol. The van der Waals surface area contributed by atoms with Crippen molar-refractivity contribution in [3.05, 3.63) is 48.9 Å². The SMILES string of the molecule is [CH2-]C(=[C-]C(C)(C)C)c1[c-]cccc1.[V].[V].[V].[V].[V].[Y]. The van der Waals surface area contributed by atoms with Gasteiger partial charge in [-0.3, -0.25) is 12.1 Å². The van der Waals surface area contributed by atoms with Crippen molar-refractivity contribution >= 4 is 5.57 Å². The third kappa shape index (κ3) is 18.8. The van der Waals surface area contributed by atoms with Crippen LogP contribution in [0.2, 0.25) is 0 Å². The Morgan fingerprint density at radius 1 is 1.05 bits per heavy atom. The van der Waals surface area contributed by atoms with Crippen molar-refractivity contribution in [3.63, 3.8) is 0 Å². The fourth-order valence-electron chi connectivity index (χ4n) is 1.10. The maximum Gasteiger partial charge on any atom is 0 e. The quantitative estimate of drug-likeness (QED) is 0.503. The van der Waals surface area contributed by atoms with Gasteiger partial charge in [0.25, 0.3) is 0 Å². The normalized spacial score (nSPS) is 8.89. The smallest absolute Gasteiger partial charge is 0 e. The predicted molar refractivity (Wildman–Crippen MR) is 56.7 cm³/mol. The number of rotatable bonds is 1. The Morgan fingerprint density at radius 2 is 1.53 bits per heavy atom. The van der Waals surface area contributed by atoms with E-state index in [9.17, 15) is 0 Å². The summed E-state index contributed by atoms with van der Waals surface area (Å²) in [5, 5.41) is 0. The third-order valence-electron chi connectivity index (χ3n) is 1.56. The number of allylic oxidation sites excluding steroid dienone is 2. The van der Waals surface area contributed by atoms with Gasteiger partial charge < -0.3 is 24.1 Å². The summed E-state index contributed by atoms with van der Waals surface area (Å²) in [6, 6.07) is 11.0. The molecule has 0 saturated heterocycles. The molecule has 0 aliphatic rings. The summed E-state index contributed by atoms with van der Waals surface area (Å²) in [5.41, 5.74) is 2.01. The molecule has 98 valence electrons. The van der Waals surface area contributed by atoms with Gasteiger partial charge in [-0.2, -0.15) is 12.1 Å². The predicted octanol–water partition coefficient (Wildman–Crippen LogP) is 3.54. The minimum absolute atomic E-state index is 0. The third-order valence-corrected chi connectivity index (χ3v) is 1.56. The van der Waals surface area contributed by atoms with Gasteiger partial charge in [0, 0.05) is 125 Å². The van der Waals surface area contributed by atoms with Crippen LogP contribution >= 0.6 is 0 Å². The summed E-state index contributed by atoms with van der Waals surface area (Å²) < 4.78 is 0. The maximum atomic E-state index is 3.97. The molecule has 0 nitrogen and oxygen atoms in total. The van der Waals surface area contributed by atoms with E-state index in [1.165, 1.54) is 0 Å². The van der Waals surface area contributed by atoms with E-state index in [4.69, 9.17) is 0 Å². The van der Waals surface area contributed by atoms with Crippen LogP contribution in [0.15, 0.2) is 24.3 Å². The molecule has 0 saturated carbocycles. The van der Waals surface area contributed by atoms with E-state index in [1.54, 1.807) is 0 Å². The van der Waals surface area contributed by atoms with Crippen molar-refractivity contribution in [2.75, 3.05) is 0 Å². The Hall–Kier alpha value is 2.86. The molecule has 6 heteroatoms. The van der Waals surface area contributed by atoms with E-state index in [-0.39, 0.29) is 131 Å². The molecule has 0 unspecified atom stereocenters. The van der Waals surface area contributed by atoms with Crippen LogP contribution in [0.1, 0.15) is 26.3 Å². The average Bonchev–Trinajstić information content (AvgIpc) is 2.03. The van der Waals surface area contributed by atoms with Gasteiger partial charge in [-0.15, -0.1) is 11.5 Å². The zero-order valence-electron chi connectivity index (χ0n) is 11.3. The molecule has 0 aliphatic carbocycles. The first-order valence-corrected chi connectivity index (χ1v) is 4.43. The van der Waals surface area contributed by atoms with Gasteiger partial charge >= 0.3 is 0 Å². The van der Waals surface area contributed by atoms with Crippen LogP contribution in [-0.4, -0.2) is 0 Å². The van der Waals surface area contributed by atoms with Gasteiger partial charge in [0.1, 0.15) is 0 Å². The Bertz CT molecular complexity index is 307. The van der Waals surface area contributed by atoms with Crippen LogP contribution in [0.4, 0.5) is 0 Å². The fourth-order valence-corrected chi connectivity index (χ4v) is 1.10. The Balaban J connectivity index is -0.0000000704. The number of hydrogen-bond acceptors (Lipinski definition) is 0. The molecule has 1 aromatic rings. The van der Waals surface area contributed by atoms with Crippen LogP contribution < -0.4 is 0 Å². The first-order chi connectivity index (χ1) is 5.99. The Morgan fingerprint density at radius 3 is 1.84 bits per heavy atom. The van der Waals surface area contributed by atoms with Gasteiger partial charge in [-0.05, 0) is 0 Å². The minimum Gasteiger partial charge on any atom is -0.454 e.